The van der Waals surface area contributed by atoms with Crippen LogP contribution in [0, 0.1) is 11.8 Å². The lowest BCUT2D eigenvalue weighted by Gasteiger charge is -2.28. The van der Waals surface area contributed by atoms with E-state index in [1.807, 2.05) is 20.8 Å². The first-order valence-corrected chi connectivity index (χ1v) is 11.9. The van der Waals surface area contributed by atoms with Gasteiger partial charge in [0.2, 0.25) is 0 Å². The number of hydrogen-bond donors (Lipinski definition) is 0. The molecular formula is C20H42O3Si. The molecule has 0 aliphatic heterocycles. The average molecular weight is 359 g/mol. The van der Waals surface area contributed by atoms with Gasteiger partial charge in [-0.15, -0.1) is 0 Å². The highest BCUT2D eigenvalue weighted by Crippen LogP contribution is 2.24. The molecule has 0 spiro atoms. The van der Waals surface area contributed by atoms with E-state index in [4.69, 9.17) is 13.3 Å². The van der Waals surface area contributed by atoms with Crippen LogP contribution >= 0.6 is 0 Å². The van der Waals surface area contributed by atoms with Gasteiger partial charge in [-0.25, -0.2) is 0 Å². The quantitative estimate of drug-likeness (QED) is 0.186. The molecule has 0 N–H and O–H groups in total. The largest absolute Gasteiger partial charge is 0.500 e. The molecule has 0 aliphatic carbocycles. The molecule has 144 valence electrons. The third-order valence-corrected chi connectivity index (χ3v) is 7.77. The zero-order valence-electron chi connectivity index (χ0n) is 17.2. The van der Waals surface area contributed by atoms with E-state index in [-0.39, 0.29) is 0 Å². The van der Waals surface area contributed by atoms with Crippen molar-refractivity contribution in [3.8, 4) is 0 Å². The fraction of sp³-hybridized carbons (Fsp3) is 0.900. The summed E-state index contributed by atoms with van der Waals surface area (Å²) in [5, 5.41) is 0. The van der Waals surface area contributed by atoms with E-state index >= 15 is 0 Å². The van der Waals surface area contributed by atoms with Crippen molar-refractivity contribution in [1.82, 2.24) is 0 Å². The molecule has 0 rings (SSSR count). The minimum atomic E-state index is -2.42. The van der Waals surface area contributed by atoms with Crippen molar-refractivity contribution >= 4 is 8.80 Å². The molecule has 0 heterocycles. The Hall–Kier alpha value is -0.163. The smallest absolute Gasteiger partial charge is 0.374 e. The van der Waals surface area contributed by atoms with Crippen LogP contribution in [-0.2, 0) is 13.3 Å². The lowest BCUT2D eigenvalue weighted by molar-refractivity contribution is 0.0706. The maximum Gasteiger partial charge on any atom is 0.500 e. The average Bonchev–Trinajstić information content (AvgIpc) is 2.51. The minimum absolute atomic E-state index is 0.648. The Morgan fingerprint density at radius 1 is 0.875 bits per heavy atom. The zero-order valence-corrected chi connectivity index (χ0v) is 18.2. The van der Waals surface area contributed by atoms with E-state index in [1.165, 1.54) is 37.7 Å². The number of rotatable bonds is 16. The molecule has 24 heavy (non-hydrogen) atoms. The summed E-state index contributed by atoms with van der Waals surface area (Å²) in [6.45, 7) is 18.9. The van der Waals surface area contributed by atoms with Gasteiger partial charge in [0, 0.05) is 25.9 Å². The SMILES string of the molecule is C=C(C)C(C)CC(C)CCCCCC[Si](OCC)(OCC)OCC. The molecule has 2 unspecified atom stereocenters. The van der Waals surface area contributed by atoms with Gasteiger partial charge < -0.3 is 13.3 Å². The van der Waals surface area contributed by atoms with Crippen molar-refractivity contribution in [3.05, 3.63) is 12.2 Å². The van der Waals surface area contributed by atoms with Gasteiger partial charge in [-0.05, 0) is 52.4 Å². The predicted octanol–water partition coefficient (Wildman–Crippen LogP) is 6.22. The molecule has 0 radical (unpaired) electrons. The molecule has 4 heteroatoms. The topological polar surface area (TPSA) is 27.7 Å². The van der Waals surface area contributed by atoms with Gasteiger partial charge in [0.1, 0.15) is 0 Å². The second kappa shape index (κ2) is 14.1. The molecule has 0 bridgehead atoms. The molecule has 0 aliphatic rings. The van der Waals surface area contributed by atoms with Gasteiger partial charge in [0.05, 0.1) is 0 Å². The lowest BCUT2D eigenvalue weighted by atomic mass is 9.89. The molecule has 0 aromatic rings. The van der Waals surface area contributed by atoms with Gasteiger partial charge in [-0.3, -0.25) is 0 Å². The molecule has 3 nitrogen and oxygen atoms in total. The van der Waals surface area contributed by atoms with E-state index in [9.17, 15) is 0 Å². The maximum absolute atomic E-state index is 5.91. The molecule has 0 amide bonds. The summed E-state index contributed by atoms with van der Waals surface area (Å²) in [5.74, 6) is 1.44. The van der Waals surface area contributed by atoms with Gasteiger partial charge in [0.25, 0.3) is 0 Å². The summed E-state index contributed by atoms with van der Waals surface area (Å²) < 4.78 is 17.7. The summed E-state index contributed by atoms with van der Waals surface area (Å²) in [5.41, 5.74) is 1.31. The van der Waals surface area contributed by atoms with Crippen molar-refractivity contribution in [2.75, 3.05) is 19.8 Å². The van der Waals surface area contributed by atoms with E-state index in [1.54, 1.807) is 0 Å². The van der Waals surface area contributed by atoms with E-state index in [2.05, 4.69) is 27.4 Å². The molecule has 0 aromatic heterocycles. The summed E-state index contributed by atoms with van der Waals surface area (Å²) in [4.78, 5) is 0. The first kappa shape index (κ1) is 23.8. The second-order valence-corrected chi connectivity index (χ2v) is 9.76. The first-order chi connectivity index (χ1) is 11.4. The van der Waals surface area contributed by atoms with Crippen LogP contribution < -0.4 is 0 Å². The lowest BCUT2D eigenvalue weighted by Crippen LogP contribution is -2.45. The first-order valence-electron chi connectivity index (χ1n) is 9.97. The number of allylic oxidation sites excluding steroid dienone is 1. The van der Waals surface area contributed by atoms with Crippen molar-refractivity contribution < 1.29 is 13.3 Å². The highest BCUT2D eigenvalue weighted by Gasteiger charge is 2.39. The van der Waals surface area contributed by atoms with Gasteiger partial charge in [-0.2, -0.15) is 0 Å². The van der Waals surface area contributed by atoms with Gasteiger partial charge in [0.15, 0.2) is 0 Å². The molecular weight excluding hydrogens is 316 g/mol. The predicted molar refractivity (Wildman–Crippen MR) is 106 cm³/mol. The Kier molecular flexibility index (Phi) is 14.0. The standard InChI is InChI=1S/C20H42O3Si/c1-8-21-24(22-9-2,23-10-3)16-14-12-11-13-15-19(6)17-20(7)18(4)5/h19-20H,4,8-17H2,1-3,5-7H3. The molecule has 0 saturated heterocycles. The zero-order chi connectivity index (χ0) is 18.4. The number of unbranched alkanes of at least 4 members (excludes halogenated alkanes) is 3. The Morgan fingerprint density at radius 3 is 1.83 bits per heavy atom. The van der Waals surface area contributed by atoms with Crippen molar-refractivity contribution in [3.63, 3.8) is 0 Å². The Morgan fingerprint density at radius 2 is 1.38 bits per heavy atom. The van der Waals surface area contributed by atoms with E-state index in [0.717, 1.165) is 18.4 Å². The van der Waals surface area contributed by atoms with Crippen LogP contribution in [0.2, 0.25) is 6.04 Å². The summed E-state index contributed by atoms with van der Waals surface area (Å²) >= 11 is 0. The number of hydrogen-bond acceptors (Lipinski definition) is 3. The second-order valence-electron chi connectivity index (χ2n) is 7.02. The highest BCUT2D eigenvalue weighted by molar-refractivity contribution is 6.60. The Balaban J connectivity index is 3.98. The van der Waals surface area contributed by atoms with Crippen LogP contribution in [-0.4, -0.2) is 28.6 Å². The van der Waals surface area contributed by atoms with Crippen molar-refractivity contribution in [1.29, 1.82) is 0 Å². The van der Waals surface area contributed by atoms with Crippen LogP contribution in [0.1, 0.15) is 80.1 Å². The summed E-state index contributed by atoms with van der Waals surface area (Å²) in [7, 11) is -2.42. The Labute approximate surface area is 152 Å². The third-order valence-electron chi connectivity index (χ3n) is 4.62. The van der Waals surface area contributed by atoms with Crippen LogP contribution in [0.25, 0.3) is 0 Å². The monoisotopic (exact) mass is 358 g/mol. The maximum atomic E-state index is 5.91. The third kappa shape index (κ3) is 10.6. The summed E-state index contributed by atoms with van der Waals surface area (Å²) in [6, 6.07) is 0.949. The van der Waals surface area contributed by atoms with Crippen LogP contribution in [0.3, 0.4) is 0 Å². The van der Waals surface area contributed by atoms with E-state index in [0.29, 0.717) is 25.7 Å². The van der Waals surface area contributed by atoms with Crippen LogP contribution in [0.4, 0.5) is 0 Å². The summed E-state index contributed by atoms with van der Waals surface area (Å²) in [6.07, 6.45) is 7.58. The molecule has 0 saturated carbocycles. The van der Waals surface area contributed by atoms with Crippen LogP contribution in [0.15, 0.2) is 12.2 Å². The highest BCUT2D eigenvalue weighted by atomic mass is 28.4. The molecule has 2 atom stereocenters. The van der Waals surface area contributed by atoms with Gasteiger partial charge in [-0.1, -0.05) is 51.7 Å². The van der Waals surface area contributed by atoms with E-state index < -0.39 is 8.80 Å². The molecule has 0 fully saturated rings. The van der Waals surface area contributed by atoms with Crippen molar-refractivity contribution in [2.45, 2.75) is 86.1 Å². The minimum Gasteiger partial charge on any atom is -0.374 e. The fourth-order valence-electron chi connectivity index (χ4n) is 3.11. The van der Waals surface area contributed by atoms with Crippen LogP contribution in [0.5, 0.6) is 0 Å². The Bertz CT molecular complexity index is 303. The normalized spacial score (nSPS) is 14.6. The van der Waals surface area contributed by atoms with Gasteiger partial charge >= 0.3 is 8.80 Å². The fourth-order valence-corrected chi connectivity index (χ4v) is 5.80. The molecule has 0 aromatic carbocycles. The van der Waals surface area contributed by atoms with Crippen molar-refractivity contribution in [2.24, 2.45) is 11.8 Å².